The Kier molecular flexibility index (Phi) is 9.64. The molecule has 0 fully saturated rings. The van der Waals surface area contributed by atoms with Gasteiger partial charge >= 0.3 is 0 Å². The van der Waals surface area contributed by atoms with Crippen LogP contribution in [0.4, 0.5) is 5.69 Å². The third kappa shape index (κ3) is 7.81. The quantitative estimate of drug-likeness (QED) is 0.315. The first-order chi connectivity index (χ1) is 9.83. The number of rotatable bonds is 6. The molecule has 0 radical (unpaired) electrons. The predicted molar refractivity (Wildman–Crippen MR) is 79.3 cm³/mol. The Hall–Kier alpha value is -1.41. The minimum Gasteiger partial charge on any atom is -0.394 e. The van der Waals surface area contributed by atoms with Gasteiger partial charge in [-0.1, -0.05) is 0 Å². The van der Waals surface area contributed by atoms with Crippen LogP contribution in [-0.4, -0.2) is 39.0 Å². The van der Waals surface area contributed by atoms with Crippen molar-refractivity contribution in [3.05, 3.63) is 39.9 Å². The number of halogens is 2. The molecule has 0 heterocycles. The first kappa shape index (κ1) is 19.6. The van der Waals surface area contributed by atoms with Gasteiger partial charge in [0.2, 0.25) is 6.41 Å². The number of nitro benzene ring substituents is 1. The van der Waals surface area contributed by atoms with Crippen molar-refractivity contribution in [2.45, 2.75) is 23.9 Å². The first-order valence-electron chi connectivity index (χ1n) is 5.84. The summed E-state index contributed by atoms with van der Waals surface area (Å²) in [5.74, 6) is 0. The molecule has 7 nitrogen and oxygen atoms in total. The molecule has 1 rings (SSSR count). The number of aliphatic hydroxyl groups is 2. The van der Waals surface area contributed by atoms with Gasteiger partial charge in [0.05, 0.1) is 17.6 Å². The fourth-order valence-electron chi connectivity index (χ4n) is 1.36. The van der Waals surface area contributed by atoms with Gasteiger partial charge in [-0.05, 0) is 24.6 Å². The number of nitro groups is 1. The van der Waals surface area contributed by atoms with Crippen LogP contribution in [0, 0.1) is 10.1 Å². The van der Waals surface area contributed by atoms with E-state index in [-0.39, 0.29) is 10.5 Å². The Bertz CT molecular complexity index is 439. The van der Waals surface area contributed by atoms with E-state index in [1.165, 1.54) is 24.3 Å². The van der Waals surface area contributed by atoms with Crippen LogP contribution < -0.4 is 5.32 Å². The van der Waals surface area contributed by atoms with Crippen molar-refractivity contribution in [1.82, 2.24) is 5.32 Å². The van der Waals surface area contributed by atoms with E-state index in [9.17, 15) is 20.0 Å². The first-order valence-corrected chi connectivity index (χ1v) is 6.71. The van der Waals surface area contributed by atoms with Gasteiger partial charge in [-0.3, -0.25) is 14.9 Å². The van der Waals surface area contributed by atoms with Gasteiger partial charge in [0.15, 0.2) is 0 Å². The van der Waals surface area contributed by atoms with Gasteiger partial charge in [-0.25, -0.2) is 0 Å². The molecule has 1 aromatic carbocycles. The SMILES string of the molecule is CC(Cl)Cl.O=CNC(CO)C(O)c1ccc([N+](=O)[O-])cc1. The summed E-state index contributed by atoms with van der Waals surface area (Å²) in [6, 6.07) is 4.39. The molecule has 0 aliphatic rings. The van der Waals surface area contributed by atoms with Crippen LogP contribution >= 0.6 is 23.2 Å². The summed E-state index contributed by atoms with van der Waals surface area (Å²) < 4.78 is 0. The Labute approximate surface area is 131 Å². The molecule has 0 aromatic heterocycles. The summed E-state index contributed by atoms with van der Waals surface area (Å²) >= 11 is 10.1. The molecular weight excluding hydrogens is 323 g/mol. The zero-order valence-electron chi connectivity index (χ0n) is 11.1. The van der Waals surface area contributed by atoms with Crippen molar-refractivity contribution < 1.29 is 19.9 Å². The number of amides is 1. The highest BCUT2D eigenvalue weighted by molar-refractivity contribution is 6.43. The number of aliphatic hydroxyl groups excluding tert-OH is 2. The Morgan fingerprint density at radius 2 is 1.86 bits per heavy atom. The molecule has 3 N–H and O–H groups in total. The summed E-state index contributed by atoms with van der Waals surface area (Å²) in [7, 11) is 0. The van der Waals surface area contributed by atoms with Gasteiger partial charge < -0.3 is 15.5 Å². The lowest BCUT2D eigenvalue weighted by Gasteiger charge is -2.20. The molecule has 2 atom stereocenters. The molecule has 1 amide bonds. The fourth-order valence-corrected chi connectivity index (χ4v) is 1.36. The molecule has 2 unspecified atom stereocenters. The highest BCUT2D eigenvalue weighted by Gasteiger charge is 2.20. The van der Waals surface area contributed by atoms with Crippen LogP contribution in [0.3, 0.4) is 0 Å². The largest absolute Gasteiger partial charge is 0.394 e. The number of hydrogen-bond acceptors (Lipinski definition) is 5. The summed E-state index contributed by atoms with van der Waals surface area (Å²) in [5.41, 5.74) is 0.286. The molecule has 21 heavy (non-hydrogen) atoms. The minimum absolute atomic E-state index is 0.0927. The van der Waals surface area contributed by atoms with E-state index in [0.717, 1.165) is 0 Å². The lowest BCUT2D eigenvalue weighted by atomic mass is 10.0. The van der Waals surface area contributed by atoms with Crippen molar-refractivity contribution >= 4 is 35.3 Å². The summed E-state index contributed by atoms with van der Waals surface area (Å²) in [5, 5.41) is 31.4. The van der Waals surface area contributed by atoms with Crippen molar-refractivity contribution in [2.75, 3.05) is 6.61 Å². The van der Waals surface area contributed by atoms with Gasteiger partial charge in [0, 0.05) is 12.1 Å². The molecule has 0 saturated carbocycles. The van der Waals surface area contributed by atoms with E-state index >= 15 is 0 Å². The summed E-state index contributed by atoms with van der Waals surface area (Å²) in [6.07, 6.45) is -0.749. The maximum absolute atomic E-state index is 10.4. The number of carbonyl (C=O) groups is 1. The fraction of sp³-hybridized carbons (Fsp3) is 0.417. The van der Waals surface area contributed by atoms with Crippen LogP contribution in [0.1, 0.15) is 18.6 Å². The summed E-state index contributed by atoms with van der Waals surface area (Å²) in [4.78, 5) is 19.9. The zero-order valence-corrected chi connectivity index (χ0v) is 12.7. The minimum atomic E-state index is -1.12. The van der Waals surface area contributed by atoms with Crippen LogP contribution in [0.2, 0.25) is 0 Å². The average Bonchev–Trinajstić information content (AvgIpc) is 2.43. The van der Waals surface area contributed by atoms with Gasteiger partial charge in [-0.2, -0.15) is 0 Å². The number of carbonyl (C=O) groups excluding carboxylic acids is 1. The van der Waals surface area contributed by atoms with Crippen molar-refractivity contribution in [3.8, 4) is 0 Å². The van der Waals surface area contributed by atoms with Crippen molar-refractivity contribution in [3.63, 3.8) is 0 Å². The molecule has 9 heteroatoms. The molecule has 0 saturated heterocycles. The number of benzene rings is 1. The Balaban J connectivity index is 0.000000885. The maximum atomic E-state index is 10.4. The molecule has 1 aromatic rings. The molecule has 0 bridgehead atoms. The maximum Gasteiger partial charge on any atom is 0.269 e. The van der Waals surface area contributed by atoms with Crippen LogP contribution in [-0.2, 0) is 4.79 Å². The van der Waals surface area contributed by atoms with Gasteiger partial charge in [0.25, 0.3) is 5.69 Å². The standard InChI is InChI=1S/C10H12N2O5.C2H4Cl2/c13-5-9(11-6-14)10(15)7-1-3-8(4-2-7)12(16)17;1-2(3)4/h1-4,6,9-10,13,15H,5H2,(H,11,14);2H,1H3. The van der Waals surface area contributed by atoms with E-state index < -0.39 is 23.7 Å². The molecular formula is C12H16Cl2N2O5. The lowest BCUT2D eigenvalue weighted by molar-refractivity contribution is -0.384. The predicted octanol–water partition coefficient (Wildman–Crippen LogP) is 1.55. The van der Waals surface area contributed by atoms with E-state index in [2.05, 4.69) is 5.32 Å². The highest BCUT2D eigenvalue weighted by Crippen LogP contribution is 2.20. The van der Waals surface area contributed by atoms with Crippen molar-refractivity contribution in [2.24, 2.45) is 0 Å². The number of alkyl halides is 2. The second-order valence-electron chi connectivity index (χ2n) is 3.89. The lowest BCUT2D eigenvalue weighted by Crippen LogP contribution is -2.37. The Morgan fingerprint density at radius 1 is 1.38 bits per heavy atom. The smallest absolute Gasteiger partial charge is 0.269 e. The Morgan fingerprint density at radius 3 is 2.19 bits per heavy atom. The van der Waals surface area contributed by atoms with E-state index in [4.69, 9.17) is 28.3 Å². The second-order valence-corrected chi connectivity index (χ2v) is 5.42. The van der Waals surface area contributed by atoms with Crippen LogP contribution in [0.25, 0.3) is 0 Å². The average molecular weight is 339 g/mol. The van der Waals surface area contributed by atoms with Gasteiger partial charge in [0.1, 0.15) is 10.9 Å². The molecule has 0 spiro atoms. The van der Waals surface area contributed by atoms with E-state index in [0.29, 0.717) is 12.0 Å². The summed E-state index contributed by atoms with van der Waals surface area (Å²) in [6.45, 7) is 1.26. The number of hydrogen-bond donors (Lipinski definition) is 3. The third-order valence-electron chi connectivity index (χ3n) is 2.31. The van der Waals surface area contributed by atoms with E-state index in [1.807, 2.05) is 0 Å². The number of non-ortho nitro benzene ring substituents is 1. The third-order valence-corrected chi connectivity index (χ3v) is 2.31. The van der Waals surface area contributed by atoms with E-state index in [1.54, 1.807) is 6.92 Å². The number of nitrogens with zero attached hydrogens (tertiary/aromatic N) is 1. The zero-order chi connectivity index (χ0) is 16.4. The molecule has 118 valence electrons. The molecule has 0 aliphatic carbocycles. The van der Waals surface area contributed by atoms with Crippen LogP contribution in [0.15, 0.2) is 24.3 Å². The van der Waals surface area contributed by atoms with Crippen LogP contribution in [0.5, 0.6) is 0 Å². The monoisotopic (exact) mass is 338 g/mol. The number of nitrogens with one attached hydrogen (secondary N) is 1. The second kappa shape index (κ2) is 10.3. The van der Waals surface area contributed by atoms with Crippen molar-refractivity contribution in [1.29, 1.82) is 0 Å². The normalized spacial score (nSPS) is 12.9. The molecule has 0 aliphatic heterocycles. The highest BCUT2D eigenvalue weighted by atomic mass is 35.5. The topological polar surface area (TPSA) is 113 Å². The van der Waals surface area contributed by atoms with Gasteiger partial charge in [-0.15, -0.1) is 23.2 Å².